The van der Waals surface area contributed by atoms with Crippen molar-refractivity contribution >= 4 is 23.7 Å². The Morgan fingerprint density at radius 3 is 2.67 bits per heavy atom. The van der Waals surface area contributed by atoms with Crippen LogP contribution in [0.3, 0.4) is 0 Å². The van der Waals surface area contributed by atoms with Gasteiger partial charge < -0.3 is 15.4 Å². The van der Waals surface area contributed by atoms with Crippen LogP contribution in [0.4, 0.5) is 11.9 Å². The first-order chi connectivity index (χ1) is 7.29. The number of methoxy groups -OCH3 is 1. The lowest BCUT2D eigenvalue weighted by Gasteiger charge is -2.26. The Balaban J connectivity index is 2.22. The molecule has 1 aromatic rings. The van der Waals surface area contributed by atoms with Gasteiger partial charge in [-0.2, -0.15) is 26.7 Å². The summed E-state index contributed by atoms with van der Waals surface area (Å²) in [4.78, 5) is 14.2. The molecule has 1 saturated heterocycles. The number of anilines is 2. The summed E-state index contributed by atoms with van der Waals surface area (Å²) in [5, 5.41) is 0. The predicted molar refractivity (Wildman–Crippen MR) is 60.3 cm³/mol. The third-order valence-corrected chi connectivity index (χ3v) is 3.04. The average molecular weight is 227 g/mol. The second-order valence-electron chi connectivity index (χ2n) is 3.08. The lowest BCUT2D eigenvalue weighted by Crippen LogP contribution is -2.34. The SMILES string of the molecule is COc1nc(N)nc(N2CCSCC2)n1. The molecule has 2 heterocycles. The molecular weight excluding hydrogens is 214 g/mol. The van der Waals surface area contributed by atoms with E-state index < -0.39 is 0 Å². The number of aromatic nitrogens is 3. The number of nitrogens with zero attached hydrogens (tertiary/aromatic N) is 4. The maximum atomic E-state index is 5.57. The summed E-state index contributed by atoms with van der Waals surface area (Å²) in [7, 11) is 1.52. The van der Waals surface area contributed by atoms with Crippen molar-refractivity contribution in [3.63, 3.8) is 0 Å². The maximum absolute atomic E-state index is 5.57. The van der Waals surface area contributed by atoms with Crippen LogP contribution in [0.15, 0.2) is 0 Å². The van der Waals surface area contributed by atoms with E-state index in [0.29, 0.717) is 5.95 Å². The molecule has 82 valence electrons. The normalized spacial score (nSPS) is 16.5. The number of rotatable bonds is 2. The van der Waals surface area contributed by atoms with Crippen molar-refractivity contribution in [1.82, 2.24) is 15.0 Å². The lowest BCUT2D eigenvalue weighted by molar-refractivity contribution is 0.379. The molecule has 6 nitrogen and oxygen atoms in total. The van der Waals surface area contributed by atoms with Crippen LogP contribution in [0.1, 0.15) is 0 Å². The van der Waals surface area contributed by atoms with E-state index in [2.05, 4.69) is 19.9 Å². The molecule has 0 aliphatic carbocycles. The monoisotopic (exact) mass is 227 g/mol. The summed E-state index contributed by atoms with van der Waals surface area (Å²) in [5.41, 5.74) is 5.57. The third-order valence-electron chi connectivity index (χ3n) is 2.10. The van der Waals surface area contributed by atoms with Gasteiger partial charge in [0.05, 0.1) is 7.11 Å². The molecule has 2 rings (SSSR count). The molecule has 0 aromatic carbocycles. The van der Waals surface area contributed by atoms with Crippen molar-refractivity contribution in [2.75, 3.05) is 42.3 Å². The molecule has 1 aliphatic rings. The van der Waals surface area contributed by atoms with Gasteiger partial charge in [-0.25, -0.2) is 0 Å². The van der Waals surface area contributed by atoms with Crippen molar-refractivity contribution < 1.29 is 4.74 Å². The first-order valence-corrected chi connectivity index (χ1v) is 5.83. The molecular formula is C8H13N5OS. The molecule has 15 heavy (non-hydrogen) atoms. The fraction of sp³-hybridized carbons (Fsp3) is 0.625. The summed E-state index contributed by atoms with van der Waals surface area (Å²) in [6.07, 6.45) is 0. The van der Waals surface area contributed by atoms with Gasteiger partial charge in [0.2, 0.25) is 11.9 Å². The minimum absolute atomic E-state index is 0.204. The lowest BCUT2D eigenvalue weighted by atomic mass is 10.5. The van der Waals surface area contributed by atoms with Gasteiger partial charge >= 0.3 is 6.01 Å². The van der Waals surface area contributed by atoms with E-state index in [1.807, 2.05) is 11.8 Å². The first-order valence-electron chi connectivity index (χ1n) is 4.68. The predicted octanol–water partition coefficient (Wildman–Crippen LogP) is 0.0156. The van der Waals surface area contributed by atoms with Gasteiger partial charge in [-0.3, -0.25) is 0 Å². The van der Waals surface area contributed by atoms with Gasteiger partial charge in [-0.05, 0) is 0 Å². The van der Waals surface area contributed by atoms with Gasteiger partial charge in [0.25, 0.3) is 0 Å². The van der Waals surface area contributed by atoms with Crippen LogP contribution in [-0.2, 0) is 0 Å². The Hall–Kier alpha value is -1.24. The van der Waals surface area contributed by atoms with Crippen molar-refractivity contribution in [3.8, 4) is 6.01 Å². The second-order valence-corrected chi connectivity index (χ2v) is 4.30. The molecule has 0 radical (unpaired) electrons. The standard InChI is InChI=1S/C8H13N5OS/c1-14-8-11-6(9)10-7(12-8)13-2-4-15-5-3-13/h2-5H2,1H3,(H2,9,10,11,12). The highest BCUT2D eigenvalue weighted by Crippen LogP contribution is 2.17. The third kappa shape index (κ3) is 2.41. The van der Waals surface area contributed by atoms with E-state index in [4.69, 9.17) is 10.5 Å². The van der Waals surface area contributed by atoms with Gasteiger partial charge in [-0.15, -0.1) is 0 Å². The molecule has 1 fully saturated rings. The van der Waals surface area contributed by atoms with E-state index in [1.54, 1.807) is 0 Å². The Kier molecular flexibility index (Phi) is 3.10. The first kappa shape index (κ1) is 10.3. The van der Waals surface area contributed by atoms with Crippen molar-refractivity contribution in [1.29, 1.82) is 0 Å². The number of hydrogen-bond acceptors (Lipinski definition) is 7. The van der Waals surface area contributed by atoms with Crippen molar-refractivity contribution in [2.24, 2.45) is 0 Å². The Morgan fingerprint density at radius 2 is 2.00 bits per heavy atom. The zero-order valence-corrected chi connectivity index (χ0v) is 9.33. The van der Waals surface area contributed by atoms with E-state index in [-0.39, 0.29) is 12.0 Å². The Morgan fingerprint density at radius 1 is 1.27 bits per heavy atom. The van der Waals surface area contributed by atoms with Crippen LogP contribution in [0.2, 0.25) is 0 Å². The van der Waals surface area contributed by atoms with Gasteiger partial charge in [0, 0.05) is 24.6 Å². The number of ether oxygens (including phenoxy) is 1. The highest BCUT2D eigenvalue weighted by atomic mass is 32.2. The summed E-state index contributed by atoms with van der Waals surface area (Å²) < 4.78 is 4.95. The molecule has 0 saturated carbocycles. The van der Waals surface area contributed by atoms with Crippen LogP contribution >= 0.6 is 11.8 Å². The Bertz CT molecular complexity index is 342. The molecule has 1 aromatic heterocycles. The summed E-state index contributed by atoms with van der Waals surface area (Å²) >= 11 is 1.93. The largest absolute Gasteiger partial charge is 0.467 e. The molecule has 0 atom stereocenters. The van der Waals surface area contributed by atoms with Gasteiger partial charge in [0.1, 0.15) is 0 Å². The molecule has 7 heteroatoms. The second kappa shape index (κ2) is 4.52. The molecule has 0 spiro atoms. The molecule has 2 N–H and O–H groups in total. The topological polar surface area (TPSA) is 77.2 Å². The molecule has 0 amide bonds. The summed E-state index contributed by atoms with van der Waals surface area (Å²) in [6, 6.07) is 0.274. The van der Waals surface area contributed by atoms with Gasteiger partial charge in [-0.1, -0.05) is 0 Å². The smallest absolute Gasteiger partial charge is 0.322 e. The number of thioether (sulfide) groups is 1. The highest BCUT2D eigenvalue weighted by molar-refractivity contribution is 7.99. The van der Waals surface area contributed by atoms with E-state index in [0.717, 1.165) is 24.6 Å². The summed E-state index contributed by atoms with van der Waals surface area (Å²) in [6.45, 7) is 1.88. The summed E-state index contributed by atoms with van der Waals surface area (Å²) in [5.74, 6) is 3.00. The number of nitrogen functional groups attached to an aromatic ring is 1. The average Bonchev–Trinajstić information content (AvgIpc) is 2.29. The van der Waals surface area contributed by atoms with Gasteiger partial charge in [0.15, 0.2) is 0 Å². The molecule has 0 bridgehead atoms. The van der Waals surface area contributed by atoms with Crippen LogP contribution in [0, 0.1) is 0 Å². The van der Waals surface area contributed by atoms with Crippen LogP contribution in [0.25, 0.3) is 0 Å². The minimum atomic E-state index is 0.204. The highest BCUT2D eigenvalue weighted by Gasteiger charge is 2.15. The quantitative estimate of drug-likeness (QED) is 0.762. The minimum Gasteiger partial charge on any atom is -0.467 e. The fourth-order valence-electron chi connectivity index (χ4n) is 1.36. The fourth-order valence-corrected chi connectivity index (χ4v) is 2.26. The van der Waals surface area contributed by atoms with E-state index in [9.17, 15) is 0 Å². The zero-order chi connectivity index (χ0) is 10.7. The van der Waals surface area contributed by atoms with Crippen molar-refractivity contribution in [2.45, 2.75) is 0 Å². The number of hydrogen-bond donors (Lipinski definition) is 1. The van der Waals surface area contributed by atoms with E-state index >= 15 is 0 Å². The van der Waals surface area contributed by atoms with Crippen LogP contribution in [0.5, 0.6) is 6.01 Å². The van der Waals surface area contributed by atoms with Crippen molar-refractivity contribution in [3.05, 3.63) is 0 Å². The van der Waals surface area contributed by atoms with Crippen LogP contribution in [-0.4, -0.2) is 46.7 Å². The number of nitrogens with two attached hydrogens (primary N) is 1. The van der Waals surface area contributed by atoms with E-state index in [1.165, 1.54) is 7.11 Å². The molecule has 1 aliphatic heterocycles. The molecule has 0 unspecified atom stereocenters. The maximum Gasteiger partial charge on any atom is 0.322 e. The zero-order valence-electron chi connectivity index (χ0n) is 8.51. The van der Waals surface area contributed by atoms with Crippen LogP contribution < -0.4 is 15.4 Å². The Labute approximate surface area is 92.2 Å².